The molecule has 0 N–H and O–H groups in total. The Morgan fingerprint density at radius 3 is 2.33 bits per heavy atom. The van der Waals surface area contributed by atoms with Crippen LogP contribution in [0.5, 0.6) is 0 Å². The third-order valence-corrected chi connectivity index (χ3v) is 7.50. The van der Waals surface area contributed by atoms with Crippen LogP contribution in [0.15, 0.2) is 46.0 Å². The van der Waals surface area contributed by atoms with Gasteiger partial charge in [0.25, 0.3) is 5.91 Å². The minimum atomic E-state index is -3.52. The quantitative estimate of drug-likeness (QED) is 0.761. The summed E-state index contributed by atoms with van der Waals surface area (Å²) in [5, 5.41) is 4.00. The second kappa shape index (κ2) is 8.12. The summed E-state index contributed by atoms with van der Waals surface area (Å²) in [5.74, 6) is 0.593. The van der Waals surface area contributed by atoms with Crippen LogP contribution in [-0.2, 0) is 16.6 Å². The summed E-state index contributed by atoms with van der Waals surface area (Å²) in [4.78, 5) is 14.5. The van der Waals surface area contributed by atoms with E-state index in [2.05, 4.69) is 13.8 Å². The van der Waals surface area contributed by atoms with E-state index in [1.165, 1.54) is 0 Å². The lowest BCUT2D eigenvalue weighted by molar-refractivity contribution is 0.0785. The molecular formula is C20H26N2O3S2. The lowest BCUT2D eigenvalue weighted by Gasteiger charge is -2.34. The van der Waals surface area contributed by atoms with E-state index in [1.807, 2.05) is 16.8 Å². The smallest absolute Gasteiger partial charge is 0.253 e. The molecule has 3 rings (SSSR count). The highest BCUT2D eigenvalue weighted by molar-refractivity contribution is 7.89. The minimum Gasteiger partial charge on any atom is -0.337 e. The SMILES string of the molecule is C[C@@H]1C[C@@H](C)CN(S(=O)(=O)c2ccc(C(=O)N(C)Cc3ccsc3)cc2)C1. The molecule has 2 heterocycles. The summed E-state index contributed by atoms with van der Waals surface area (Å²) in [6.45, 7) is 5.81. The molecule has 5 nitrogen and oxygen atoms in total. The van der Waals surface area contributed by atoms with Gasteiger partial charge in [0.15, 0.2) is 0 Å². The zero-order chi connectivity index (χ0) is 19.6. The molecule has 0 aliphatic carbocycles. The molecule has 27 heavy (non-hydrogen) atoms. The number of nitrogens with zero attached hydrogens (tertiary/aromatic N) is 2. The fourth-order valence-corrected chi connectivity index (χ4v) is 6.01. The van der Waals surface area contributed by atoms with E-state index >= 15 is 0 Å². The predicted octanol–water partition coefficient (Wildman–Crippen LogP) is 3.69. The molecule has 1 aromatic carbocycles. The van der Waals surface area contributed by atoms with Crippen molar-refractivity contribution in [2.75, 3.05) is 20.1 Å². The van der Waals surface area contributed by atoms with Crippen molar-refractivity contribution in [3.8, 4) is 0 Å². The fraction of sp³-hybridized carbons (Fsp3) is 0.450. The van der Waals surface area contributed by atoms with Crippen LogP contribution < -0.4 is 0 Å². The van der Waals surface area contributed by atoms with Crippen LogP contribution in [0.3, 0.4) is 0 Å². The van der Waals surface area contributed by atoms with Crippen molar-refractivity contribution in [3.05, 3.63) is 52.2 Å². The fourth-order valence-electron chi connectivity index (χ4n) is 3.67. The first-order chi connectivity index (χ1) is 12.8. The molecule has 0 saturated carbocycles. The van der Waals surface area contributed by atoms with Gasteiger partial charge < -0.3 is 4.90 Å². The van der Waals surface area contributed by atoms with Gasteiger partial charge in [-0.3, -0.25) is 4.79 Å². The molecule has 1 amide bonds. The van der Waals surface area contributed by atoms with E-state index in [1.54, 1.807) is 51.9 Å². The van der Waals surface area contributed by atoms with E-state index < -0.39 is 10.0 Å². The third-order valence-electron chi connectivity index (χ3n) is 4.92. The molecule has 1 saturated heterocycles. The molecule has 0 unspecified atom stereocenters. The standard InChI is InChI=1S/C20H26N2O3S2/c1-15-10-16(2)12-22(11-15)27(24,25)19-6-4-18(5-7-19)20(23)21(3)13-17-8-9-26-14-17/h4-9,14-16H,10-13H2,1-3H3/t15-,16-/m1/s1. The molecule has 0 bridgehead atoms. The zero-order valence-corrected chi connectivity index (χ0v) is 17.6. The summed E-state index contributed by atoms with van der Waals surface area (Å²) < 4.78 is 27.4. The number of piperidine rings is 1. The number of hydrogen-bond donors (Lipinski definition) is 0. The van der Waals surface area contributed by atoms with Crippen LogP contribution >= 0.6 is 11.3 Å². The Labute approximate surface area is 165 Å². The van der Waals surface area contributed by atoms with Gasteiger partial charge in [-0.2, -0.15) is 15.6 Å². The lowest BCUT2D eigenvalue weighted by atomic mass is 9.94. The first-order valence-electron chi connectivity index (χ1n) is 9.14. The van der Waals surface area contributed by atoms with E-state index in [9.17, 15) is 13.2 Å². The Morgan fingerprint density at radius 1 is 1.15 bits per heavy atom. The van der Waals surface area contributed by atoms with Gasteiger partial charge in [0.1, 0.15) is 0 Å². The lowest BCUT2D eigenvalue weighted by Crippen LogP contribution is -2.42. The molecule has 0 spiro atoms. The average Bonchev–Trinajstić information content (AvgIpc) is 3.13. The van der Waals surface area contributed by atoms with Gasteiger partial charge in [0, 0.05) is 32.2 Å². The number of thiophene rings is 1. The minimum absolute atomic E-state index is 0.120. The maximum Gasteiger partial charge on any atom is 0.253 e. The van der Waals surface area contributed by atoms with E-state index in [0.717, 1.165) is 12.0 Å². The van der Waals surface area contributed by atoms with Gasteiger partial charge in [0.2, 0.25) is 10.0 Å². The molecule has 1 aromatic heterocycles. The van der Waals surface area contributed by atoms with Crippen molar-refractivity contribution in [3.63, 3.8) is 0 Å². The van der Waals surface area contributed by atoms with Crippen molar-refractivity contribution >= 4 is 27.3 Å². The van der Waals surface area contributed by atoms with Crippen LogP contribution in [-0.4, -0.2) is 43.7 Å². The summed E-state index contributed by atoms with van der Waals surface area (Å²) in [6.07, 6.45) is 1.05. The van der Waals surface area contributed by atoms with Gasteiger partial charge >= 0.3 is 0 Å². The van der Waals surface area contributed by atoms with Crippen LogP contribution in [0.25, 0.3) is 0 Å². The van der Waals surface area contributed by atoms with Crippen LogP contribution in [0.1, 0.15) is 36.2 Å². The molecule has 2 aromatic rings. The highest BCUT2D eigenvalue weighted by Crippen LogP contribution is 2.27. The maximum absolute atomic E-state index is 12.9. The van der Waals surface area contributed by atoms with Gasteiger partial charge in [-0.15, -0.1) is 0 Å². The Balaban J connectivity index is 1.73. The Morgan fingerprint density at radius 2 is 1.78 bits per heavy atom. The molecule has 146 valence electrons. The Hall–Kier alpha value is -1.70. The molecule has 1 aliphatic rings. The first kappa shape index (κ1) is 20.0. The van der Waals surface area contributed by atoms with Gasteiger partial charge in [-0.1, -0.05) is 13.8 Å². The largest absolute Gasteiger partial charge is 0.337 e. The molecule has 0 radical (unpaired) electrons. The summed E-state index contributed by atoms with van der Waals surface area (Å²) in [7, 11) is -1.77. The molecule has 7 heteroatoms. The van der Waals surface area contributed by atoms with Crippen molar-refractivity contribution in [1.82, 2.24) is 9.21 Å². The second-order valence-corrected chi connectivity index (χ2v) is 10.3. The molecule has 1 fully saturated rings. The average molecular weight is 407 g/mol. The highest BCUT2D eigenvalue weighted by atomic mass is 32.2. The summed E-state index contributed by atoms with van der Waals surface area (Å²) in [5.41, 5.74) is 1.58. The van der Waals surface area contributed by atoms with Crippen molar-refractivity contribution in [1.29, 1.82) is 0 Å². The van der Waals surface area contributed by atoms with E-state index in [-0.39, 0.29) is 10.8 Å². The van der Waals surface area contributed by atoms with Crippen LogP contribution in [0.4, 0.5) is 0 Å². The summed E-state index contributed by atoms with van der Waals surface area (Å²) in [6, 6.07) is 8.30. The Bertz CT molecular complexity index is 866. The number of hydrogen-bond acceptors (Lipinski definition) is 4. The number of benzene rings is 1. The number of carbonyl (C=O) groups excluding carboxylic acids is 1. The van der Waals surface area contributed by atoms with Gasteiger partial charge in [-0.05, 0) is 64.9 Å². The van der Waals surface area contributed by atoms with Crippen molar-refractivity contribution < 1.29 is 13.2 Å². The van der Waals surface area contributed by atoms with E-state index in [4.69, 9.17) is 0 Å². The van der Waals surface area contributed by atoms with E-state index in [0.29, 0.717) is 37.0 Å². The van der Waals surface area contributed by atoms with Crippen molar-refractivity contribution in [2.24, 2.45) is 11.8 Å². The monoisotopic (exact) mass is 406 g/mol. The zero-order valence-electron chi connectivity index (χ0n) is 16.0. The molecule has 1 aliphatic heterocycles. The van der Waals surface area contributed by atoms with Gasteiger partial charge in [0.05, 0.1) is 4.90 Å². The molecular weight excluding hydrogens is 380 g/mol. The van der Waals surface area contributed by atoms with Gasteiger partial charge in [-0.25, -0.2) is 8.42 Å². The first-order valence-corrected chi connectivity index (χ1v) is 11.5. The summed E-state index contributed by atoms with van der Waals surface area (Å²) >= 11 is 1.60. The third kappa shape index (κ3) is 4.59. The number of carbonyl (C=O) groups is 1. The Kier molecular flexibility index (Phi) is 6.03. The normalized spacial score (nSPS) is 21.1. The van der Waals surface area contributed by atoms with Crippen LogP contribution in [0, 0.1) is 11.8 Å². The predicted molar refractivity (Wildman–Crippen MR) is 108 cm³/mol. The number of rotatable bonds is 5. The second-order valence-electron chi connectivity index (χ2n) is 7.59. The van der Waals surface area contributed by atoms with Crippen LogP contribution in [0.2, 0.25) is 0 Å². The topological polar surface area (TPSA) is 57.7 Å². The number of amides is 1. The van der Waals surface area contributed by atoms with Crippen molar-refractivity contribution in [2.45, 2.75) is 31.7 Å². The molecule has 2 atom stereocenters. The highest BCUT2D eigenvalue weighted by Gasteiger charge is 2.31. The number of sulfonamides is 1. The maximum atomic E-state index is 12.9.